The molecule has 3 rings (SSSR count). The molecule has 14 heteroatoms. The van der Waals surface area contributed by atoms with Gasteiger partial charge in [-0.05, 0) is 51.4 Å². The van der Waals surface area contributed by atoms with Gasteiger partial charge in [-0.25, -0.2) is 13.2 Å². The van der Waals surface area contributed by atoms with Gasteiger partial charge in [0.2, 0.25) is 0 Å². The number of nitrogens with zero attached hydrogens (tertiary/aromatic N) is 1. The largest absolute Gasteiger partial charge is 0.573 e. The number of esters is 1. The van der Waals surface area contributed by atoms with E-state index < -0.39 is 51.3 Å². The number of carbonyl (C=O) groups is 1. The maximum atomic E-state index is 13.1. The number of ether oxygens (including phenoxy) is 2. The standard InChI is InChI=1S/C20H22BF3N2O7S/c1-18(2)19(3,4)33-21(32-18)13-6-7-15(31-20(22,23)24)16(9-13)34(28,29)26-14-8-12(10-25-11-14)17(27)30-5/h6-11,26H,1-5H3. The number of alkyl halides is 3. The average Bonchev–Trinajstić information content (AvgIpc) is 2.93. The Bertz CT molecular complexity index is 1190. The first-order valence-corrected chi connectivity index (χ1v) is 11.3. The molecule has 0 atom stereocenters. The van der Waals surface area contributed by atoms with Crippen molar-refractivity contribution >= 4 is 34.3 Å². The lowest BCUT2D eigenvalue weighted by molar-refractivity contribution is -0.275. The van der Waals surface area contributed by atoms with Crippen LogP contribution in [-0.4, -0.2) is 51.2 Å². The summed E-state index contributed by atoms with van der Waals surface area (Å²) in [5.74, 6) is -1.74. The number of aromatic nitrogens is 1. The van der Waals surface area contributed by atoms with E-state index in [0.717, 1.165) is 37.7 Å². The lowest BCUT2D eigenvalue weighted by Gasteiger charge is -2.32. The number of hydrogen-bond donors (Lipinski definition) is 1. The second-order valence-corrected chi connectivity index (χ2v) is 10.1. The molecule has 1 N–H and O–H groups in total. The maximum absolute atomic E-state index is 13.1. The predicted octanol–water partition coefficient (Wildman–Crippen LogP) is 2.87. The first-order chi connectivity index (χ1) is 15.5. The third-order valence-corrected chi connectivity index (χ3v) is 6.82. The van der Waals surface area contributed by atoms with Crippen LogP contribution in [0.5, 0.6) is 5.75 Å². The number of halogens is 3. The molecule has 2 aromatic rings. The molecule has 1 fully saturated rings. The number of benzene rings is 1. The average molecular weight is 502 g/mol. The first-order valence-electron chi connectivity index (χ1n) is 9.86. The molecule has 34 heavy (non-hydrogen) atoms. The highest BCUT2D eigenvalue weighted by Crippen LogP contribution is 2.37. The van der Waals surface area contributed by atoms with Crippen molar-refractivity contribution in [3.63, 3.8) is 0 Å². The Morgan fingerprint density at radius 1 is 1.09 bits per heavy atom. The van der Waals surface area contributed by atoms with Gasteiger partial charge >= 0.3 is 19.5 Å². The Labute approximate surface area is 194 Å². The molecule has 0 amide bonds. The smallest absolute Gasteiger partial charge is 0.465 e. The van der Waals surface area contributed by atoms with Gasteiger partial charge in [0, 0.05) is 6.20 Å². The molecule has 0 aliphatic carbocycles. The van der Waals surface area contributed by atoms with E-state index in [1.54, 1.807) is 27.7 Å². The summed E-state index contributed by atoms with van der Waals surface area (Å²) in [5, 5.41) is 0. The molecule has 1 aliphatic heterocycles. The lowest BCUT2D eigenvalue weighted by atomic mass is 9.79. The monoisotopic (exact) mass is 502 g/mol. The third kappa shape index (κ3) is 5.45. The van der Waals surface area contributed by atoms with Crippen LogP contribution in [0.1, 0.15) is 38.1 Å². The van der Waals surface area contributed by atoms with Gasteiger partial charge in [-0.3, -0.25) is 9.71 Å². The van der Waals surface area contributed by atoms with Crippen molar-refractivity contribution in [1.82, 2.24) is 4.98 Å². The van der Waals surface area contributed by atoms with Crippen LogP contribution in [0, 0.1) is 0 Å². The number of methoxy groups -OCH3 is 1. The highest BCUT2D eigenvalue weighted by Gasteiger charge is 2.52. The molecule has 0 radical (unpaired) electrons. The summed E-state index contributed by atoms with van der Waals surface area (Å²) in [6.45, 7) is 7.09. The van der Waals surface area contributed by atoms with E-state index in [1.807, 2.05) is 0 Å². The summed E-state index contributed by atoms with van der Waals surface area (Å²) >= 11 is 0. The zero-order valence-electron chi connectivity index (χ0n) is 18.9. The van der Waals surface area contributed by atoms with E-state index in [0.29, 0.717) is 0 Å². The van der Waals surface area contributed by atoms with Crippen molar-refractivity contribution in [2.24, 2.45) is 0 Å². The minimum absolute atomic E-state index is 0.0690. The second kappa shape index (κ2) is 8.75. The number of carbonyl (C=O) groups excluding carboxylic acids is 1. The van der Waals surface area contributed by atoms with Gasteiger partial charge in [-0.1, -0.05) is 6.07 Å². The Hall–Kier alpha value is -2.84. The van der Waals surface area contributed by atoms with Crippen molar-refractivity contribution in [2.75, 3.05) is 11.8 Å². The number of nitrogens with one attached hydrogen (secondary N) is 1. The number of pyridine rings is 1. The lowest BCUT2D eigenvalue weighted by Crippen LogP contribution is -2.41. The minimum atomic E-state index is -5.15. The van der Waals surface area contributed by atoms with Crippen LogP contribution >= 0.6 is 0 Å². The maximum Gasteiger partial charge on any atom is 0.573 e. The summed E-state index contributed by atoms with van der Waals surface area (Å²) < 4.78 is 87.5. The molecule has 1 aromatic carbocycles. The number of rotatable bonds is 6. The van der Waals surface area contributed by atoms with Gasteiger partial charge in [0.15, 0.2) is 0 Å². The van der Waals surface area contributed by atoms with Crippen molar-refractivity contribution in [3.05, 3.63) is 42.2 Å². The molecule has 9 nitrogen and oxygen atoms in total. The van der Waals surface area contributed by atoms with E-state index >= 15 is 0 Å². The molecular weight excluding hydrogens is 480 g/mol. The SMILES string of the molecule is COC(=O)c1cncc(NS(=O)(=O)c2cc(B3OC(C)(C)C(C)(C)O3)ccc2OC(F)(F)F)c1. The molecule has 1 saturated heterocycles. The van der Waals surface area contributed by atoms with Gasteiger partial charge in [0.25, 0.3) is 10.0 Å². The van der Waals surface area contributed by atoms with Crippen LogP contribution in [-0.2, 0) is 24.1 Å². The molecular formula is C20H22BF3N2O7S. The van der Waals surface area contributed by atoms with E-state index in [9.17, 15) is 26.4 Å². The molecule has 0 spiro atoms. The summed E-state index contributed by atoms with van der Waals surface area (Å²) in [4.78, 5) is 14.6. The van der Waals surface area contributed by atoms with E-state index in [-0.39, 0.29) is 16.7 Å². The Balaban J connectivity index is 2.03. The van der Waals surface area contributed by atoms with Crippen LogP contribution < -0.4 is 14.9 Å². The second-order valence-electron chi connectivity index (χ2n) is 8.40. The van der Waals surface area contributed by atoms with Gasteiger partial charge in [0.05, 0.1) is 35.8 Å². The van der Waals surface area contributed by atoms with Crippen LogP contribution in [0.15, 0.2) is 41.6 Å². The van der Waals surface area contributed by atoms with Gasteiger partial charge in [-0.15, -0.1) is 13.2 Å². The fourth-order valence-corrected chi connectivity index (χ4v) is 4.20. The highest BCUT2D eigenvalue weighted by atomic mass is 32.2. The quantitative estimate of drug-likeness (QED) is 0.474. The van der Waals surface area contributed by atoms with Gasteiger partial charge in [-0.2, -0.15) is 0 Å². The van der Waals surface area contributed by atoms with Crippen LogP contribution in [0.25, 0.3) is 0 Å². The van der Waals surface area contributed by atoms with Gasteiger partial charge in [0.1, 0.15) is 10.6 Å². The summed E-state index contributed by atoms with van der Waals surface area (Å²) in [6.07, 6.45) is -2.93. The van der Waals surface area contributed by atoms with Crippen molar-refractivity contribution in [3.8, 4) is 5.75 Å². The normalized spacial score (nSPS) is 17.4. The minimum Gasteiger partial charge on any atom is -0.465 e. The highest BCUT2D eigenvalue weighted by molar-refractivity contribution is 7.92. The first kappa shape index (κ1) is 25.8. The Morgan fingerprint density at radius 2 is 1.71 bits per heavy atom. The molecule has 0 unspecified atom stereocenters. The van der Waals surface area contributed by atoms with Crippen molar-refractivity contribution < 1.29 is 45.2 Å². The molecule has 184 valence electrons. The zero-order chi connectivity index (χ0) is 25.5. The summed E-state index contributed by atoms with van der Waals surface area (Å²) in [5.41, 5.74) is -1.62. The van der Waals surface area contributed by atoms with Crippen molar-refractivity contribution in [1.29, 1.82) is 0 Å². The van der Waals surface area contributed by atoms with Crippen molar-refractivity contribution in [2.45, 2.75) is 50.2 Å². The Morgan fingerprint density at radius 3 is 2.26 bits per heavy atom. The van der Waals surface area contributed by atoms with Crippen LogP contribution in [0.3, 0.4) is 0 Å². The van der Waals surface area contributed by atoms with E-state index in [1.165, 1.54) is 6.07 Å². The van der Waals surface area contributed by atoms with Crippen LogP contribution in [0.2, 0.25) is 0 Å². The topological polar surface area (TPSA) is 113 Å². The number of anilines is 1. The molecule has 1 aliphatic rings. The molecule has 0 bridgehead atoms. The van der Waals surface area contributed by atoms with E-state index in [2.05, 4.69) is 19.2 Å². The molecule has 2 heterocycles. The van der Waals surface area contributed by atoms with Gasteiger partial charge < -0.3 is 18.8 Å². The third-order valence-electron chi connectivity index (χ3n) is 5.42. The zero-order valence-corrected chi connectivity index (χ0v) is 19.7. The van der Waals surface area contributed by atoms with Crippen LogP contribution in [0.4, 0.5) is 18.9 Å². The fraction of sp³-hybridized carbons (Fsp3) is 0.400. The Kier molecular flexibility index (Phi) is 6.63. The fourth-order valence-electron chi connectivity index (χ4n) is 3.00. The number of hydrogen-bond acceptors (Lipinski definition) is 8. The van der Waals surface area contributed by atoms with E-state index in [4.69, 9.17) is 9.31 Å². The molecule has 0 saturated carbocycles. The summed E-state index contributed by atoms with van der Waals surface area (Å²) in [7, 11) is -4.57. The number of sulfonamides is 1. The summed E-state index contributed by atoms with van der Waals surface area (Å²) in [6, 6.07) is 4.19. The predicted molar refractivity (Wildman–Crippen MR) is 115 cm³/mol. The molecule has 1 aromatic heterocycles.